The second-order valence-corrected chi connectivity index (χ2v) is 10.6. The molecular formula is C30H46BrNO2S. The Hall–Kier alpha value is -1.56. The summed E-state index contributed by atoms with van der Waals surface area (Å²) in [6.07, 6.45) is 7.37. The van der Waals surface area contributed by atoms with Gasteiger partial charge in [-0.05, 0) is 67.9 Å². The third-order valence-electron chi connectivity index (χ3n) is 4.63. The summed E-state index contributed by atoms with van der Waals surface area (Å²) in [5.41, 5.74) is 2.64. The predicted molar refractivity (Wildman–Crippen MR) is 159 cm³/mol. The zero-order valence-electron chi connectivity index (χ0n) is 22.9. The lowest BCUT2D eigenvalue weighted by Gasteiger charge is -2.13. The van der Waals surface area contributed by atoms with Crippen LogP contribution < -0.4 is 0 Å². The first kappa shape index (κ1) is 33.4. The third kappa shape index (κ3) is 14.6. The van der Waals surface area contributed by atoms with Crippen LogP contribution in [-0.2, 0) is 12.8 Å². The molecule has 3 nitrogen and oxygen atoms in total. The number of nitrogens with zero attached hydrogens (tertiary/aromatic N) is 1. The molecule has 1 aliphatic carbocycles. The van der Waals surface area contributed by atoms with Crippen LogP contribution in [0.25, 0.3) is 10.2 Å². The van der Waals surface area contributed by atoms with Crippen molar-refractivity contribution in [1.82, 2.24) is 4.98 Å². The summed E-state index contributed by atoms with van der Waals surface area (Å²) in [4.78, 5) is 18.3. The van der Waals surface area contributed by atoms with Crippen LogP contribution in [0, 0.1) is 5.92 Å². The highest BCUT2D eigenvalue weighted by atomic mass is 79.9. The molecule has 0 aliphatic heterocycles. The van der Waals surface area contributed by atoms with Crippen LogP contribution in [0.3, 0.4) is 0 Å². The highest BCUT2D eigenvalue weighted by molar-refractivity contribution is 9.10. The number of pyridine rings is 1. The van der Waals surface area contributed by atoms with E-state index in [1.165, 1.54) is 24.1 Å². The first-order chi connectivity index (χ1) is 16.8. The van der Waals surface area contributed by atoms with E-state index in [0.29, 0.717) is 13.0 Å². The second-order valence-electron chi connectivity index (χ2n) is 8.69. The molecule has 1 aliphatic rings. The molecule has 0 atom stereocenters. The van der Waals surface area contributed by atoms with Crippen LogP contribution in [0.4, 0.5) is 0 Å². The molecule has 0 saturated carbocycles. The van der Waals surface area contributed by atoms with Gasteiger partial charge >= 0.3 is 0 Å². The number of fused-ring (bicyclic) bond motifs is 2. The van der Waals surface area contributed by atoms with Gasteiger partial charge in [0.25, 0.3) is 0 Å². The van der Waals surface area contributed by atoms with Gasteiger partial charge in [-0.1, -0.05) is 89.0 Å². The van der Waals surface area contributed by atoms with Crippen molar-refractivity contribution < 1.29 is 9.90 Å². The summed E-state index contributed by atoms with van der Waals surface area (Å²) >= 11 is 4.85. The molecule has 0 fully saturated rings. The molecule has 0 amide bonds. The number of carbonyl (C=O) groups is 1. The van der Waals surface area contributed by atoms with Gasteiger partial charge in [0.05, 0.1) is 4.88 Å². The molecule has 196 valence electrons. The average Bonchev–Trinajstić information content (AvgIpc) is 3.27. The van der Waals surface area contributed by atoms with Gasteiger partial charge in [0, 0.05) is 28.6 Å². The largest absolute Gasteiger partial charge is 0.396 e. The van der Waals surface area contributed by atoms with E-state index in [1.54, 1.807) is 11.3 Å². The molecule has 0 spiro atoms. The van der Waals surface area contributed by atoms with Crippen molar-refractivity contribution in [2.75, 3.05) is 6.61 Å². The van der Waals surface area contributed by atoms with E-state index in [9.17, 15) is 4.79 Å². The number of aryl methyl sites for hydroxylation is 2. The van der Waals surface area contributed by atoms with Crippen LogP contribution in [-0.4, -0.2) is 22.5 Å². The highest BCUT2D eigenvalue weighted by Crippen LogP contribution is 2.29. The Morgan fingerprint density at radius 2 is 1.66 bits per heavy atom. The lowest BCUT2D eigenvalue weighted by molar-refractivity contribution is 0.0992. The van der Waals surface area contributed by atoms with Gasteiger partial charge in [-0.25, -0.2) is 4.98 Å². The van der Waals surface area contributed by atoms with Crippen molar-refractivity contribution in [1.29, 1.82) is 0 Å². The number of hydrogen-bond donors (Lipinski definition) is 1. The maximum absolute atomic E-state index is 11.7. The Morgan fingerprint density at radius 1 is 1.06 bits per heavy atom. The van der Waals surface area contributed by atoms with Crippen LogP contribution in [0.5, 0.6) is 0 Å². The number of aliphatic hydroxyl groups excluding tert-OH is 1. The summed E-state index contributed by atoms with van der Waals surface area (Å²) in [5, 5.41) is 9.21. The van der Waals surface area contributed by atoms with E-state index in [0.717, 1.165) is 51.2 Å². The zero-order valence-corrected chi connectivity index (χ0v) is 25.3. The third-order valence-corrected chi connectivity index (χ3v) is 6.24. The van der Waals surface area contributed by atoms with Crippen LogP contribution in [0.1, 0.15) is 101 Å². The van der Waals surface area contributed by atoms with Crippen molar-refractivity contribution in [2.24, 2.45) is 5.92 Å². The van der Waals surface area contributed by atoms with Gasteiger partial charge < -0.3 is 5.11 Å². The van der Waals surface area contributed by atoms with Crippen molar-refractivity contribution in [3.63, 3.8) is 0 Å². The number of Topliss-reactive ketones (excluding diaryl/α,β-unsaturated/α-hetero) is 1. The minimum Gasteiger partial charge on any atom is -0.396 e. The van der Waals surface area contributed by atoms with E-state index in [2.05, 4.69) is 49.7 Å². The molecule has 2 aromatic heterocycles. The monoisotopic (exact) mass is 563 g/mol. The molecule has 1 N–H and O–H groups in total. The van der Waals surface area contributed by atoms with E-state index in [1.807, 2.05) is 57.2 Å². The van der Waals surface area contributed by atoms with Gasteiger partial charge in [-0.2, -0.15) is 0 Å². The molecule has 3 aromatic rings. The minimum absolute atomic E-state index is 0.228. The highest BCUT2D eigenvalue weighted by Gasteiger charge is 2.15. The zero-order chi connectivity index (χ0) is 26.6. The molecule has 0 bridgehead atoms. The summed E-state index contributed by atoms with van der Waals surface area (Å²) in [5.74, 6) is 1.06. The average molecular weight is 565 g/mol. The summed E-state index contributed by atoms with van der Waals surface area (Å²) in [6.45, 7) is 14.8. The van der Waals surface area contributed by atoms with Crippen molar-refractivity contribution >= 4 is 43.3 Å². The maximum Gasteiger partial charge on any atom is 0.172 e. The minimum atomic E-state index is 0.228. The Kier molecular flexibility index (Phi) is 19.7. The molecule has 35 heavy (non-hydrogen) atoms. The van der Waals surface area contributed by atoms with Gasteiger partial charge in [0.2, 0.25) is 0 Å². The fourth-order valence-electron chi connectivity index (χ4n) is 2.98. The Morgan fingerprint density at radius 3 is 2.11 bits per heavy atom. The number of carbonyl (C=O) groups excluding carboxylic acids is 1. The number of benzene rings is 1. The van der Waals surface area contributed by atoms with E-state index in [4.69, 9.17) is 10.1 Å². The number of ketones is 1. The van der Waals surface area contributed by atoms with E-state index < -0.39 is 0 Å². The smallest absolute Gasteiger partial charge is 0.172 e. The normalized spacial score (nSPS) is 11.4. The molecule has 2 heterocycles. The van der Waals surface area contributed by atoms with Crippen LogP contribution in [0.15, 0.2) is 46.9 Å². The molecular weight excluding hydrogens is 518 g/mol. The lowest BCUT2D eigenvalue weighted by Crippen LogP contribution is -2.04. The van der Waals surface area contributed by atoms with Crippen molar-refractivity contribution in [3.8, 4) is 0 Å². The van der Waals surface area contributed by atoms with Crippen LogP contribution >= 0.6 is 27.3 Å². The van der Waals surface area contributed by atoms with Crippen molar-refractivity contribution in [3.05, 3.63) is 63.1 Å². The van der Waals surface area contributed by atoms with Crippen molar-refractivity contribution in [2.45, 2.75) is 93.4 Å². The first-order valence-electron chi connectivity index (χ1n) is 13.1. The lowest BCUT2D eigenvalue weighted by atomic mass is 9.95. The van der Waals surface area contributed by atoms with Gasteiger partial charge in [-0.3, -0.25) is 4.79 Å². The first-order valence-corrected chi connectivity index (χ1v) is 14.7. The summed E-state index contributed by atoms with van der Waals surface area (Å²) < 4.78 is 1.13. The van der Waals surface area contributed by atoms with E-state index >= 15 is 0 Å². The number of aliphatic hydroxyl groups is 1. The fourth-order valence-corrected chi connectivity index (χ4v) is 4.33. The number of unbranched alkanes of at least 4 members (excludes halogenated alkanes) is 1. The van der Waals surface area contributed by atoms with Gasteiger partial charge in [-0.15, -0.1) is 11.3 Å². The Labute approximate surface area is 226 Å². The number of halogens is 1. The SMILES string of the molecule is Brc1ccccc1.CC.CC(C)C.CCC(=O)c1cc2cc3c(nc2s1)CCCC3.CCCCO. The fraction of sp³-hybridized carbons (Fsp3) is 0.533. The molecule has 5 heteroatoms. The van der Waals surface area contributed by atoms with E-state index in [-0.39, 0.29) is 5.78 Å². The number of aromatic nitrogens is 1. The second kappa shape index (κ2) is 20.6. The van der Waals surface area contributed by atoms with Gasteiger partial charge in [0.1, 0.15) is 4.83 Å². The summed E-state index contributed by atoms with van der Waals surface area (Å²) in [7, 11) is 0. The number of rotatable bonds is 4. The molecule has 0 saturated heterocycles. The van der Waals surface area contributed by atoms with Gasteiger partial charge in [0.15, 0.2) is 5.78 Å². The molecule has 0 unspecified atom stereocenters. The number of thiophene rings is 1. The quantitative estimate of drug-likeness (QED) is 0.321. The Bertz CT molecular complexity index is 890. The molecule has 1 aromatic carbocycles. The maximum atomic E-state index is 11.7. The number of hydrogen-bond acceptors (Lipinski definition) is 4. The molecule has 4 rings (SSSR count). The predicted octanol–water partition coefficient (Wildman–Crippen LogP) is 9.68. The Balaban J connectivity index is 0.000000532. The summed E-state index contributed by atoms with van der Waals surface area (Å²) in [6, 6.07) is 14.2. The standard InChI is InChI=1S/C14H15NOS.C6H5Br.C4H10O.C4H10.C2H6/c1-2-12(16)13-8-10-7-9-5-3-4-6-11(9)15-14(10)17-13;7-6-4-2-1-3-5-6;1-2-3-4-5;1-4(2)3;1-2/h7-8H,2-6H2,1H3;1-5H;5H,2-4H2,1H3;4H,1-3H3;1-2H3. The topological polar surface area (TPSA) is 50.2 Å². The molecule has 0 radical (unpaired) electrons. The van der Waals surface area contributed by atoms with Crippen LogP contribution in [0.2, 0.25) is 0 Å².